The van der Waals surface area contributed by atoms with Crippen LogP contribution in [0.5, 0.6) is 0 Å². The van der Waals surface area contributed by atoms with E-state index in [-0.39, 0.29) is 18.3 Å². The number of nitrogens with one attached hydrogen (secondary N) is 2. The lowest BCUT2D eigenvalue weighted by atomic mass is 10.1. The number of anilines is 1. The molecule has 5 heteroatoms. The van der Waals surface area contributed by atoms with Crippen molar-refractivity contribution in [3.8, 4) is 0 Å². The van der Waals surface area contributed by atoms with Gasteiger partial charge in [0.25, 0.3) is 0 Å². The zero-order valence-corrected chi connectivity index (χ0v) is 13.0. The molecule has 1 aliphatic rings. The van der Waals surface area contributed by atoms with Crippen LogP contribution in [0, 0.1) is 5.82 Å². The van der Waals surface area contributed by atoms with Crippen molar-refractivity contribution in [1.29, 1.82) is 0 Å². The second-order valence-corrected chi connectivity index (χ2v) is 6.09. The molecule has 0 bridgehead atoms. The van der Waals surface area contributed by atoms with Gasteiger partial charge >= 0.3 is 0 Å². The molecular formula is C15H20BrFN2O. The van der Waals surface area contributed by atoms with Gasteiger partial charge in [-0.2, -0.15) is 0 Å². The predicted molar refractivity (Wildman–Crippen MR) is 82.2 cm³/mol. The first-order valence-electron chi connectivity index (χ1n) is 7.13. The van der Waals surface area contributed by atoms with Gasteiger partial charge in [0.2, 0.25) is 5.91 Å². The van der Waals surface area contributed by atoms with E-state index in [0.29, 0.717) is 10.5 Å². The van der Waals surface area contributed by atoms with Gasteiger partial charge in [0.15, 0.2) is 0 Å². The Morgan fingerprint density at radius 3 is 2.60 bits per heavy atom. The van der Waals surface area contributed by atoms with Gasteiger partial charge in [-0.05, 0) is 47.0 Å². The first kappa shape index (κ1) is 15.3. The van der Waals surface area contributed by atoms with Gasteiger partial charge in [-0.3, -0.25) is 4.79 Å². The van der Waals surface area contributed by atoms with Crippen molar-refractivity contribution in [2.45, 2.75) is 44.6 Å². The molecule has 110 valence electrons. The summed E-state index contributed by atoms with van der Waals surface area (Å²) in [6.07, 6.45) is 7.09. The van der Waals surface area contributed by atoms with Gasteiger partial charge in [-0.25, -0.2) is 4.39 Å². The lowest BCUT2D eigenvalue weighted by Crippen LogP contribution is -2.38. The molecule has 1 fully saturated rings. The second kappa shape index (κ2) is 7.62. The lowest BCUT2D eigenvalue weighted by molar-refractivity contribution is -0.120. The van der Waals surface area contributed by atoms with E-state index in [2.05, 4.69) is 26.6 Å². The number of carbonyl (C=O) groups is 1. The van der Waals surface area contributed by atoms with Crippen LogP contribution in [-0.2, 0) is 4.79 Å². The minimum absolute atomic E-state index is 0.00637. The highest BCUT2D eigenvalue weighted by molar-refractivity contribution is 9.10. The quantitative estimate of drug-likeness (QED) is 0.816. The van der Waals surface area contributed by atoms with E-state index in [1.807, 2.05) is 0 Å². The highest BCUT2D eigenvalue weighted by Gasteiger charge is 2.14. The topological polar surface area (TPSA) is 41.1 Å². The highest BCUT2D eigenvalue weighted by Crippen LogP contribution is 2.22. The predicted octanol–water partition coefficient (Wildman–Crippen LogP) is 3.84. The van der Waals surface area contributed by atoms with Gasteiger partial charge in [-0.1, -0.05) is 25.7 Å². The van der Waals surface area contributed by atoms with E-state index < -0.39 is 0 Å². The molecule has 0 aromatic heterocycles. The molecule has 0 unspecified atom stereocenters. The average Bonchev–Trinajstić information content (AvgIpc) is 2.66. The molecule has 0 heterocycles. The Balaban J connectivity index is 1.79. The molecule has 2 rings (SSSR count). The maximum Gasteiger partial charge on any atom is 0.239 e. The van der Waals surface area contributed by atoms with Crippen LogP contribution in [0.2, 0.25) is 0 Å². The summed E-state index contributed by atoms with van der Waals surface area (Å²) in [7, 11) is 0. The van der Waals surface area contributed by atoms with Crippen molar-refractivity contribution < 1.29 is 9.18 Å². The molecule has 3 nitrogen and oxygen atoms in total. The van der Waals surface area contributed by atoms with Gasteiger partial charge < -0.3 is 10.6 Å². The molecule has 20 heavy (non-hydrogen) atoms. The van der Waals surface area contributed by atoms with E-state index in [1.54, 1.807) is 6.07 Å². The largest absolute Gasteiger partial charge is 0.375 e. The monoisotopic (exact) mass is 342 g/mol. The normalized spacial score (nSPS) is 16.5. The van der Waals surface area contributed by atoms with E-state index in [4.69, 9.17) is 0 Å². The van der Waals surface area contributed by atoms with Gasteiger partial charge in [0.1, 0.15) is 5.82 Å². The summed E-state index contributed by atoms with van der Waals surface area (Å²) in [6, 6.07) is 4.68. The van der Waals surface area contributed by atoms with Crippen molar-refractivity contribution in [2.75, 3.05) is 11.9 Å². The summed E-state index contributed by atoms with van der Waals surface area (Å²) in [5, 5.41) is 6.09. The number of carbonyl (C=O) groups excluding carboxylic acids is 1. The third kappa shape index (κ3) is 4.78. The summed E-state index contributed by atoms with van der Waals surface area (Å²) in [5.74, 6) is -0.307. The van der Waals surface area contributed by atoms with Crippen LogP contribution in [0.3, 0.4) is 0 Å². The molecule has 1 amide bonds. The SMILES string of the molecule is O=C(CNc1ccc(F)cc1Br)NC1CCCCCC1. The van der Waals surface area contributed by atoms with Crippen LogP contribution in [0.1, 0.15) is 38.5 Å². The Morgan fingerprint density at radius 1 is 1.25 bits per heavy atom. The zero-order valence-electron chi connectivity index (χ0n) is 11.4. The fourth-order valence-electron chi connectivity index (χ4n) is 2.51. The molecule has 2 N–H and O–H groups in total. The third-order valence-corrected chi connectivity index (χ3v) is 4.25. The Bertz CT molecular complexity index is 459. The summed E-state index contributed by atoms with van der Waals surface area (Å²) in [6.45, 7) is 0.209. The summed E-state index contributed by atoms with van der Waals surface area (Å²) >= 11 is 3.27. The fraction of sp³-hybridized carbons (Fsp3) is 0.533. The number of benzene rings is 1. The Kier molecular flexibility index (Phi) is 5.83. The molecule has 1 saturated carbocycles. The Hall–Kier alpha value is -1.10. The van der Waals surface area contributed by atoms with E-state index in [0.717, 1.165) is 18.5 Å². The van der Waals surface area contributed by atoms with Crippen LogP contribution in [0.25, 0.3) is 0 Å². The van der Waals surface area contributed by atoms with Crippen molar-refractivity contribution >= 4 is 27.5 Å². The lowest BCUT2D eigenvalue weighted by Gasteiger charge is -2.17. The van der Waals surface area contributed by atoms with Gasteiger partial charge in [0.05, 0.1) is 6.54 Å². The first-order chi connectivity index (χ1) is 9.65. The smallest absolute Gasteiger partial charge is 0.239 e. The van der Waals surface area contributed by atoms with Gasteiger partial charge in [0, 0.05) is 16.2 Å². The third-order valence-electron chi connectivity index (χ3n) is 3.59. The Labute approximate surface area is 127 Å². The molecule has 0 aliphatic heterocycles. The maximum atomic E-state index is 13.0. The molecule has 1 aliphatic carbocycles. The Morgan fingerprint density at radius 2 is 1.95 bits per heavy atom. The number of rotatable bonds is 4. The highest BCUT2D eigenvalue weighted by atomic mass is 79.9. The van der Waals surface area contributed by atoms with E-state index in [9.17, 15) is 9.18 Å². The van der Waals surface area contributed by atoms with Crippen molar-refractivity contribution in [3.63, 3.8) is 0 Å². The zero-order chi connectivity index (χ0) is 14.4. The van der Waals surface area contributed by atoms with Crippen LogP contribution >= 0.6 is 15.9 Å². The van der Waals surface area contributed by atoms with Gasteiger partial charge in [-0.15, -0.1) is 0 Å². The molecule has 0 spiro atoms. The summed E-state index contributed by atoms with van der Waals surface area (Å²) in [4.78, 5) is 11.9. The van der Waals surface area contributed by atoms with E-state index >= 15 is 0 Å². The second-order valence-electron chi connectivity index (χ2n) is 5.23. The fourth-order valence-corrected chi connectivity index (χ4v) is 3.00. The number of halogens is 2. The first-order valence-corrected chi connectivity index (χ1v) is 7.93. The van der Waals surface area contributed by atoms with Crippen LogP contribution in [0.15, 0.2) is 22.7 Å². The average molecular weight is 343 g/mol. The molecule has 0 saturated heterocycles. The standard InChI is InChI=1S/C15H20BrFN2O/c16-13-9-11(17)7-8-14(13)18-10-15(20)19-12-5-3-1-2-4-6-12/h7-9,12,18H,1-6,10H2,(H,19,20). The molecule has 0 radical (unpaired) electrons. The summed E-state index contributed by atoms with van der Waals surface area (Å²) < 4.78 is 13.6. The maximum absolute atomic E-state index is 13.0. The minimum atomic E-state index is -0.301. The van der Waals surface area contributed by atoms with Crippen molar-refractivity contribution in [2.24, 2.45) is 0 Å². The van der Waals surface area contributed by atoms with Crippen LogP contribution in [-0.4, -0.2) is 18.5 Å². The number of hydrogen-bond acceptors (Lipinski definition) is 2. The number of amides is 1. The molecule has 0 atom stereocenters. The van der Waals surface area contributed by atoms with Crippen molar-refractivity contribution in [1.82, 2.24) is 5.32 Å². The summed E-state index contributed by atoms with van der Waals surface area (Å²) in [5.41, 5.74) is 0.724. The minimum Gasteiger partial charge on any atom is -0.375 e. The number of hydrogen-bond donors (Lipinski definition) is 2. The van der Waals surface area contributed by atoms with Crippen LogP contribution < -0.4 is 10.6 Å². The molecule has 1 aromatic carbocycles. The molecular weight excluding hydrogens is 323 g/mol. The molecule has 1 aromatic rings. The van der Waals surface area contributed by atoms with E-state index in [1.165, 1.54) is 37.8 Å². The van der Waals surface area contributed by atoms with Crippen LogP contribution in [0.4, 0.5) is 10.1 Å². The van der Waals surface area contributed by atoms with Crippen molar-refractivity contribution in [3.05, 3.63) is 28.5 Å².